The Balaban J connectivity index is 1.88. The summed E-state index contributed by atoms with van der Waals surface area (Å²) in [5.41, 5.74) is 3.79. The lowest BCUT2D eigenvalue weighted by atomic mass is 9.99. The minimum atomic E-state index is -0.794. The number of aryl methyl sites for hydroxylation is 1. The number of rotatable bonds is 4. The van der Waals surface area contributed by atoms with Crippen LogP contribution in [0.3, 0.4) is 0 Å². The van der Waals surface area contributed by atoms with E-state index in [2.05, 4.69) is 5.32 Å². The maximum absolute atomic E-state index is 12.4. The normalized spacial score (nSPS) is 11.8. The van der Waals surface area contributed by atoms with Gasteiger partial charge in [-0.1, -0.05) is 66.2 Å². The molecular weight excluding hydrogens is 298 g/mol. The van der Waals surface area contributed by atoms with Gasteiger partial charge in [0.25, 0.3) is 5.91 Å². The highest BCUT2D eigenvalue weighted by molar-refractivity contribution is 6.04. The van der Waals surface area contributed by atoms with Crippen molar-refractivity contribution < 1.29 is 9.90 Å². The van der Waals surface area contributed by atoms with Gasteiger partial charge in [-0.3, -0.25) is 4.79 Å². The van der Waals surface area contributed by atoms with Gasteiger partial charge in [-0.05, 0) is 30.7 Å². The lowest BCUT2D eigenvalue weighted by Crippen LogP contribution is -2.14. The molecule has 2 N–H and O–H groups in total. The van der Waals surface area contributed by atoms with Crippen LogP contribution in [0.5, 0.6) is 0 Å². The molecule has 3 aromatic rings. The topological polar surface area (TPSA) is 49.3 Å². The van der Waals surface area contributed by atoms with Crippen LogP contribution in [0, 0.1) is 6.92 Å². The van der Waals surface area contributed by atoms with Gasteiger partial charge >= 0.3 is 0 Å². The summed E-state index contributed by atoms with van der Waals surface area (Å²) in [6.07, 6.45) is -0.794. The molecule has 1 unspecified atom stereocenters. The Morgan fingerprint density at radius 1 is 0.875 bits per heavy atom. The Hall–Kier alpha value is -2.91. The first-order valence-electron chi connectivity index (χ1n) is 7.85. The molecule has 0 aliphatic rings. The van der Waals surface area contributed by atoms with Gasteiger partial charge in [-0.15, -0.1) is 0 Å². The first-order valence-corrected chi connectivity index (χ1v) is 7.85. The molecule has 1 atom stereocenters. The molecule has 0 aromatic heterocycles. The molecule has 1 amide bonds. The van der Waals surface area contributed by atoms with Crippen molar-refractivity contribution in [3.05, 3.63) is 101 Å². The molecule has 0 saturated heterocycles. The minimum Gasteiger partial charge on any atom is -0.384 e. The largest absolute Gasteiger partial charge is 0.384 e. The fraction of sp³-hybridized carbons (Fsp3) is 0.0952. The third-order valence-electron chi connectivity index (χ3n) is 3.93. The highest BCUT2D eigenvalue weighted by Crippen LogP contribution is 2.28. The molecule has 3 nitrogen and oxygen atoms in total. The fourth-order valence-electron chi connectivity index (χ4n) is 2.56. The number of para-hydroxylation sites is 1. The average molecular weight is 317 g/mol. The number of carbonyl (C=O) groups excluding carboxylic acids is 1. The molecule has 0 aliphatic heterocycles. The van der Waals surface area contributed by atoms with Crippen molar-refractivity contribution in [2.24, 2.45) is 0 Å². The molecule has 0 fully saturated rings. The Kier molecular flexibility index (Phi) is 4.73. The third kappa shape index (κ3) is 3.53. The summed E-state index contributed by atoms with van der Waals surface area (Å²) in [4.78, 5) is 12.4. The molecule has 3 rings (SSSR count). The Labute approximate surface area is 141 Å². The summed E-state index contributed by atoms with van der Waals surface area (Å²) in [6, 6.07) is 24.1. The Morgan fingerprint density at radius 2 is 1.50 bits per heavy atom. The van der Waals surface area contributed by atoms with Crippen molar-refractivity contribution in [1.29, 1.82) is 0 Å². The van der Waals surface area contributed by atoms with Crippen molar-refractivity contribution in [2.75, 3.05) is 5.32 Å². The minimum absolute atomic E-state index is 0.195. The number of nitrogens with one attached hydrogen (secondary N) is 1. The quantitative estimate of drug-likeness (QED) is 0.752. The van der Waals surface area contributed by atoms with Crippen LogP contribution in [-0.2, 0) is 0 Å². The number of amides is 1. The van der Waals surface area contributed by atoms with E-state index in [0.29, 0.717) is 16.8 Å². The smallest absolute Gasteiger partial charge is 0.255 e. The van der Waals surface area contributed by atoms with E-state index in [9.17, 15) is 9.90 Å². The van der Waals surface area contributed by atoms with Crippen molar-refractivity contribution in [3.63, 3.8) is 0 Å². The Bertz CT molecular complexity index is 826. The highest BCUT2D eigenvalue weighted by Gasteiger charge is 2.16. The molecular formula is C21H19NO2. The van der Waals surface area contributed by atoms with Crippen LogP contribution in [0.25, 0.3) is 0 Å². The number of carbonyl (C=O) groups is 1. The predicted molar refractivity (Wildman–Crippen MR) is 96.1 cm³/mol. The summed E-state index contributed by atoms with van der Waals surface area (Å²) in [7, 11) is 0. The fourth-order valence-corrected chi connectivity index (χ4v) is 2.56. The zero-order valence-corrected chi connectivity index (χ0v) is 13.4. The van der Waals surface area contributed by atoms with Gasteiger partial charge < -0.3 is 10.4 Å². The van der Waals surface area contributed by atoms with Crippen LogP contribution >= 0.6 is 0 Å². The van der Waals surface area contributed by atoms with Gasteiger partial charge in [-0.2, -0.15) is 0 Å². The van der Waals surface area contributed by atoms with Crippen molar-refractivity contribution in [3.8, 4) is 0 Å². The third-order valence-corrected chi connectivity index (χ3v) is 3.93. The standard InChI is InChI=1S/C21H19NO2/c1-15-11-13-16(14-12-15)20(23)18-9-5-6-10-19(18)22-21(24)17-7-3-2-4-8-17/h2-14,20,23H,1H3,(H,22,24). The van der Waals surface area contributed by atoms with Gasteiger partial charge in [0.05, 0.1) is 0 Å². The number of benzene rings is 3. The molecule has 0 saturated carbocycles. The molecule has 0 spiro atoms. The second kappa shape index (κ2) is 7.11. The SMILES string of the molecule is Cc1ccc(C(O)c2ccccc2NC(=O)c2ccccc2)cc1. The molecule has 0 bridgehead atoms. The van der Waals surface area contributed by atoms with E-state index >= 15 is 0 Å². The van der Waals surface area contributed by atoms with Crippen LogP contribution < -0.4 is 5.32 Å². The maximum atomic E-state index is 12.4. The van der Waals surface area contributed by atoms with E-state index in [1.165, 1.54) is 0 Å². The van der Waals surface area contributed by atoms with Crippen molar-refractivity contribution in [2.45, 2.75) is 13.0 Å². The van der Waals surface area contributed by atoms with Crippen LogP contribution in [-0.4, -0.2) is 11.0 Å². The highest BCUT2D eigenvalue weighted by atomic mass is 16.3. The number of aliphatic hydroxyl groups excluding tert-OH is 1. The molecule has 3 heteroatoms. The molecule has 24 heavy (non-hydrogen) atoms. The summed E-state index contributed by atoms with van der Waals surface area (Å²) >= 11 is 0. The zero-order valence-electron chi connectivity index (χ0n) is 13.4. The molecule has 0 radical (unpaired) electrons. The number of hydrogen-bond donors (Lipinski definition) is 2. The van der Waals surface area contributed by atoms with Gasteiger partial charge in [0.2, 0.25) is 0 Å². The van der Waals surface area contributed by atoms with E-state index in [1.54, 1.807) is 18.2 Å². The van der Waals surface area contributed by atoms with Crippen LogP contribution in [0.1, 0.15) is 33.2 Å². The number of anilines is 1. The van der Waals surface area contributed by atoms with Gasteiger partial charge in [0, 0.05) is 16.8 Å². The average Bonchev–Trinajstić information content (AvgIpc) is 2.63. The Morgan fingerprint density at radius 3 is 2.21 bits per heavy atom. The van der Waals surface area contributed by atoms with E-state index < -0.39 is 6.10 Å². The zero-order chi connectivity index (χ0) is 16.9. The first-order chi connectivity index (χ1) is 11.6. The predicted octanol–water partition coefficient (Wildman–Crippen LogP) is 4.33. The van der Waals surface area contributed by atoms with Crippen LogP contribution in [0.2, 0.25) is 0 Å². The van der Waals surface area contributed by atoms with Crippen molar-refractivity contribution in [1.82, 2.24) is 0 Å². The summed E-state index contributed by atoms with van der Waals surface area (Å²) < 4.78 is 0. The van der Waals surface area contributed by atoms with E-state index in [4.69, 9.17) is 0 Å². The summed E-state index contributed by atoms with van der Waals surface area (Å²) in [6.45, 7) is 2.00. The van der Waals surface area contributed by atoms with E-state index in [1.807, 2.05) is 67.6 Å². The second-order valence-corrected chi connectivity index (χ2v) is 5.72. The van der Waals surface area contributed by atoms with Gasteiger partial charge in [0.15, 0.2) is 0 Å². The summed E-state index contributed by atoms with van der Waals surface area (Å²) in [5, 5.41) is 13.6. The van der Waals surface area contributed by atoms with Gasteiger partial charge in [0.1, 0.15) is 6.10 Å². The van der Waals surface area contributed by atoms with Gasteiger partial charge in [-0.25, -0.2) is 0 Å². The monoisotopic (exact) mass is 317 g/mol. The molecule has 120 valence electrons. The lowest BCUT2D eigenvalue weighted by molar-refractivity contribution is 0.102. The maximum Gasteiger partial charge on any atom is 0.255 e. The van der Waals surface area contributed by atoms with Crippen LogP contribution in [0.4, 0.5) is 5.69 Å². The molecule has 0 heterocycles. The number of hydrogen-bond acceptors (Lipinski definition) is 2. The first kappa shape index (κ1) is 16.0. The van der Waals surface area contributed by atoms with E-state index in [-0.39, 0.29) is 5.91 Å². The second-order valence-electron chi connectivity index (χ2n) is 5.72. The van der Waals surface area contributed by atoms with E-state index in [0.717, 1.165) is 11.1 Å². The lowest BCUT2D eigenvalue weighted by Gasteiger charge is -2.17. The molecule has 0 aliphatic carbocycles. The van der Waals surface area contributed by atoms with Crippen LogP contribution in [0.15, 0.2) is 78.9 Å². The molecule has 3 aromatic carbocycles. The summed E-state index contributed by atoms with van der Waals surface area (Å²) in [5.74, 6) is -0.195. The number of aliphatic hydroxyl groups is 1. The van der Waals surface area contributed by atoms with Crippen molar-refractivity contribution >= 4 is 11.6 Å².